The van der Waals surface area contributed by atoms with Gasteiger partial charge in [0.1, 0.15) is 12.7 Å². The highest BCUT2D eigenvalue weighted by atomic mass is 16.5. The minimum absolute atomic E-state index is 0.0607. The van der Waals surface area contributed by atoms with Gasteiger partial charge in [-0.05, 0) is 38.1 Å². The van der Waals surface area contributed by atoms with Crippen LogP contribution in [0.25, 0.3) is 5.69 Å². The third-order valence-electron chi connectivity index (χ3n) is 4.02. The number of hydrogen-bond donors (Lipinski definition) is 1. The van der Waals surface area contributed by atoms with Gasteiger partial charge in [-0.2, -0.15) is 5.10 Å². The lowest BCUT2D eigenvalue weighted by atomic mass is 10.2. The van der Waals surface area contributed by atoms with E-state index in [-0.39, 0.29) is 18.1 Å². The van der Waals surface area contributed by atoms with Crippen molar-refractivity contribution in [2.45, 2.75) is 26.1 Å². The Labute approximate surface area is 141 Å². The first-order valence-electron chi connectivity index (χ1n) is 8.23. The Kier molecular flexibility index (Phi) is 5.22. The number of aromatic nitrogens is 3. The second kappa shape index (κ2) is 7.55. The number of morpholine rings is 1. The maximum Gasteiger partial charge on any atom is 0.251 e. The van der Waals surface area contributed by atoms with Crippen molar-refractivity contribution in [2.24, 2.45) is 0 Å². The lowest BCUT2D eigenvalue weighted by Crippen LogP contribution is -2.47. The van der Waals surface area contributed by atoms with Gasteiger partial charge in [0, 0.05) is 31.7 Å². The van der Waals surface area contributed by atoms with Crippen molar-refractivity contribution in [1.82, 2.24) is 25.0 Å². The first-order chi connectivity index (χ1) is 11.6. The van der Waals surface area contributed by atoms with E-state index >= 15 is 0 Å². The van der Waals surface area contributed by atoms with Crippen LogP contribution in [0.2, 0.25) is 0 Å². The predicted octanol–water partition coefficient (Wildman–Crippen LogP) is 1.11. The number of nitrogens with one attached hydrogen (secondary N) is 1. The summed E-state index contributed by atoms with van der Waals surface area (Å²) in [6.45, 7) is 7.44. The molecule has 1 amide bonds. The van der Waals surface area contributed by atoms with Crippen LogP contribution in [0.5, 0.6) is 0 Å². The van der Waals surface area contributed by atoms with Crippen LogP contribution in [-0.2, 0) is 4.74 Å². The minimum atomic E-state index is -0.0607. The fourth-order valence-corrected chi connectivity index (χ4v) is 3.00. The Morgan fingerprint density at radius 2 is 1.96 bits per heavy atom. The van der Waals surface area contributed by atoms with E-state index in [4.69, 9.17) is 4.74 Å². The summed E-state index contributed by atoms with van der Waals surface area (Å²) in [5.41, 5.74) is 1.52. The molecule has 3 rings (SSSR count). The molecule has 1 fully saturated rings. The van der Waals surface area contributed by atoms with Gasteiger partial charge >= 0.3 is 0 Å². The van der Waals surface area contributed by atoms with E-state index in [0.29, 0.717) is 12.1 Å². The molecule has 0 unspecified atom stereocenters. The van der Waals surface area contributed by atoms with Gasteiger partial charge in [-0.15, -0.1) is 0 Å². The number of rotatable bonds is 5. The Bertz CT molecular complexity index is 646. The summed E-state index contributed by atoms with van der Waals surface area (Å²) in [6.07, 6.45) is 3.59. The maximum absolute atomic E-state index is 12.2. The highest BCUT2D eigenvalue weighted by molar-refractivity contribution is 5.94. The first kappa shape index (κ1) is 16.6. The van der Waals surface area contributed by atoms with Crippen molar-refractivity contribution in [1.29, 1.82) is 0 Å². The normalized spacial score (nSPS) is 21.6. The molecule has 0 saturated carbocycles. The smallest absolute Gasteiger partial charge is 0.251 e. The molecule has 128 valence electrons. The summed E-state index contributed by atoms with van der Waals surface area (Å²) < 4.78 is 7.37. The van der Waals surface area contributed by atoms with Crippen molar-refractivity contribution in [3.8, 4) is 5.69 Å². The van der Waals surface area contributed by atoms with Crippen LogP contribution in [0.1, 0.15) is 24.2 Å². The van der Waals surface area contributed by atoms with Crippen molar-refractivity contribution in [2.75, 3.05) is 26.2 Å². The highest BCUT2D eigenvalue weighted by Gasteiger charge is 2.21. The van der Waals surface area contributed by atoms with E-state index in [1.807, 2.05) is 12.1 Å². The number of carbonyl (C=O) groups excluding carboxylic acids is 1. The monoisotopic (exact) mass is 329 g/mol. The van der Waals surface area contributed by atoms with E-state index < -0.39 is 0 Å². The Balaban J connectivity index is 1.48. The van der Waals surface area contributed by atoms with Crippen molar-refractivity contribution < 1.29 is 9.53 Å². The van der Waals surface area contributed by atoms with E-state index in [9.17, 15) is 4.79 Å². The zero-order chi connectivity index (χ0) is 16.9. The third kappa shape index (κ3) is 4.18. The lowest BCUT2D eigenvalue weighted by Gasteiger charge is -2.35. The van der Waals surface area contributed by atoms with Gasteiger partial charge in [-0.1, -0.05) is 0 Å². The van der Waals surface area contributed by atoms with Gasteiger partial charge < -0.3 is 10.1 Å². The first-order valence-corrected chi connectivity index (χ1v) is 8.23. The molecule has 7 nitrogen and oxygen atoms in total. The second-order valence-corrected chi connectivity index (χ2v) is 6.16. The average Bonchev–Trinajstić information content (AvgIpc) is 3.08. The highest BCUT2D eigenvalue weighted by Crippen LogP contribution is 2.10. The van der Waals surface area contributed by atoms with Gasteiger partial charge in [-0.3, -0.25) is 9.69 Å². The van der Waals surface area contributed by atoms with Crippen LogP contribution in [-0.4, -0.2) is 64.0 Å². The quantitative estimate of drug-likeness (QED) is 0.889. The van der Waals surface area contributed by atoms with Gasteiger partial charge in [0.25, 0.3) is 5.91 Å². The molecule has 1 aromatic carbocycles. The molecule has 0 spiro atoms. The van der Waals surface area contributed by atoms with Crippen molar-refractivity contribution >= 4 is 5.91 Å². The molecule has 1 aliphatic rings. The molecule has 2 heterocycles. The molecule has 1 saturated heterocycles. The van der Waals surface area contributed by atoms with E-state index in [0.717, 1.165) is 25.3 Å². The SMILES string of the molecule is C[C@@H]1CN(CCNC(=O)c2ccc(-n3cncn3)cc2)C[C@H](C)O1. The molecule has 24 heavy (non-hydrogen) atoms. The molecule has 2 atom stereocenters. The average molecular weight is 329 g/mol. The van der Waals surface area contributed by atoms with E-state index in [1.54, 1.807) is 23.1 Å². The molecule has 1 N–H and O–H groups in total. The molecule has 7 heteroatoms. The van der Waals surface area contributed by atoms with Crippen LogP contribution >= 0.6 is 0 Å². The summed E-state index contributed by atoms with van der Waals surface area (Å²) in [6, 6.07) is 7.31. The van der Waals surface area contributed by atoms with Crippen LogP contribution in [0, 0.1) is 0 Å². The molecular formula is C17H23N5O2. The van der Waals surface area contributed by atoms with Gasteiger partial charge in [0.15, 0.2) is 0 Å². The second-order valence-electron chi connectivity index (χ2n) is 6.16. The number of hydrogen-bond acceptors (Lipinski definition) is 5. The van der Waals surface area contributed by atoms with Crippen molar-refractivity contribution in [3.63, 3.8) is 0 Å². The summed E-state index contributed by atoms with van der Waals surface area (Å²) in [5.74, 6) is -0.0607. The molecule has 0 bridgehead atoms. The molecule has 1 aliphatic heterocycles. The van der Waals surface area contributed by atoms with E-state index in [1.165, 1.54) is 6.33 Å². The van der Waals surface area contributed by atoms with Crippen LogP contribution in [0.4, 0.5) is 0 Å². The Morgan fingerprint density at radius 1 is 1.25 bits per heavy atom. The minimum Gasteiger partial charge on any atom is -0.373 e. The molecule has 0 radical (unpaired) electrons. The van der Waals surface area contributed by atoms with E-state index in [2.05, 4.69) is 34.1 Å². The number of carbonyl (C=O) groups is 1. The zero-order valence-corrected chi connectivity index (χ0v) is 14.1. The number of benzene rings is 1. The van der Waals surface area contributed by atoms with Gasteiger partial charge in [0.2, 0.25) is 0 Å². The molecule has 1 aromatic heterocycles. The fraction of sp³-hybridized carbons (Fsp3) is 0.471. The molecule has 0 aliphatic carbocycles. The lowest BCUT2D eigenvalue weighted by molar-refractivity contribution is -0.0672. The summed E-state index contributed by atoms with van der Waals surface area (Å²) >= 11 is 0. The largest absolute Gasteiger partial charge is 0.373 e. The fourth-order valence-electron chi connectivity index (χ4n) is 3.00. The Morgan fingerprint density at radius 3 is 2.58 bits per heavy atom. The van der Waals surface area contributed by atoms with Crippen LogP contribution in [0.15, 0.2) is 36.9 Å². The standard InChI is InChI=1S/C17H23N5O2/c1-13-9-21(10-14(2)24-13)8-7-19-17(23)15-3-5-16(6-4-15)22-12-18-11-20-22/h3-6,11-14H,7-10H2,1-2H3,(H,19,23)/t13-,14+. The molecular weight excluding hydrogens is 306 g/mol. The predicted molar refractivity (Wildman–Crippen MR) is 90.1 cm³/mol. The Hall–Kier alpha value is -2.25. The van der Waals surface area contributed by atoms with Gasteiger partial charge in [-0.25, -0.2) is 9.67 Å². The summed E-state index contributed by atoms with van der Waals surface area (Å²) in [5, 5.41) is 7.04. The number of ether oxygens (including phenoxy) is 1. The summed E-state index contributed by atoms with van der Waals surface area (Å²) in [7, 11) is 0. The molecule has 2 aromatic rings. The number of amides is 1. The summed E-state index contributed by atoms with van der Waals surface area (Å²) in [4.78, 5) is 18.5. The number of nitrogens with zero attached hydrogens (tertiary/aromatic N) is 4. The van der Waals surface area contributed by atoms with Crippen LogP contribution < -0.4 is 5.32 Å². The van der Waals surface area contributed by atoms with Crippen LogP contribution in [0.3, 0.4) is 0 Å². The zero-order valence-electron chi connectivity index (χ0n) is 14.1. The van der Waals surface area contributed by atoms with Crippen molar-refractivity contribution in [3.05, 3.63) is 42.5 Å². The maximum atomic E-state index is 12.2. The third-order valence-corrected chi connectivity index (χ3v) is 4.02. The topological polar surface area (TPSA) is 72.3 Å². The van der Waals surface area contributed by atoms with Gasteiger partial charge in [0.05, 0.1) is 17.9 Å².